The maximum atomic E-state index is 11.9. The lowest BCUT2D eigenvalue weighted by molar-refractivity contribution is -0.127. The number of rotatable bonds is 7. The average Bonchev–Trinajstić information content (AvgIpc) is 2.38. The van der Waals surface area contributed by atoms with Crippen LogP contribution in [0.4, 0.5) is 0 Å². The molecular weight excluding hydrogens is 242 g/mol. The third kappa shape index (κ3) is 5.70. The molecule has 0 aromatic heterocycles. The second-order valence-electron chi connectivity index (χ2n) is 5.51. The molecule has 0 bridgehead atoms. The van der Waals surface area contributed by atoms with Crippen molar-refractivity contribution in [2.45, 2.75) is 58.0 Å². The molecule has 2 unspecified atom stereocenters. The van der Waals surface area contributed by atoms with Gasteiger partial charge in [-0.15, -0.1) is 0 Å². The first-order valence-corrected chi connectivity index (χ1v) is 7.28. The average molecular weight is 269 g/mol. The van der Waals surface area contributed by atoms with Crippen LogP contribution in [0.25, 0.3) is 0 Å². The van der Waals surface area contributed by atoms with Crippen LogP contribution in [-0.2, 0) is 9.59 Å². The number of amides is 1. The lowest BCUT2D eigenvalue weighted by atomic mass is 9.97. The molecule has 0 aliphatic carbocycles. The number of likely N-dealkylation sites (tertiary alicyclic amines) is 1. The van der Waals surface area contributed by atoms with Gasteiger partial charge in [0, 0.05) is 18.5 Å². The number of Topliss-reactive ketones (excluding diaryl/α,β-unsaturated/α-hetero) is 1. The van der Waals surface area contributed by atoms with Gasteiger partial charge >= 0.3 is 0 Å². The summed E-state index contributed by atoms with van der Waals surface area (Å²) in [6.45, 7) is 5.37. The van der Waals surface area contributed by atoms with Crippen LogP contribution in [0.15, 0.2) is 0 Å². The molecule has 110 valence electrons. The molecule has 2 atom stereocenters. The maximum absolute atomic E-state index is 11.9. The first-order chi connectivity index (χ1) is 9.04. The molecule has 0 aromatic carbocycles. The summed E-state index contributed by atoms with van der Waals surface area (Å²) in [5.74, 6) is 0.000222. The van der Waals surface area contributed by atoms with E-state index >= 15 is 0 Å². The van der Waals surface area contributed by atoms with Crippen molar-refractivity contribution in [2.24, 2.45) is 5.73 Å². The molecule has 5 heteroatoms. The van der Waals surface area contributed by atoms with E-state index in [0.29, 0.717) is 38.0 Å². The lowest BCUT2D eigenvalue weighted by Crippen LogP contribution is -2.49. The molecular formula is C14H27N3O2. The van der Waals surface area contributed by atoms with E-state index in [1.54, 1.807) is 0 Å². The Morgan fingerprint density at radius 2 is 1.89 bits per heavy atom. The van der Waals surface area contributed by atoms with Crippen molar-refractivity contribution in [3.8, 4) is 0 Å². The summed E-state index contributed by atoms with van der Waals surface area (Å²) < 4.78 is 0. The number of carbonyl (C=O) groups is 2. The van der Waals surface area contributed by atoms with Crippen LogP contribution in [0.2, 0.25) is 0 Å². The van der Waals surface area contributed by atoms with Gasteiger partial charge in [-0.05, 0) is 39.7 Å². The third-order valence-corrected chi connectivity index (χ3v) is 3.84. The molecule has 19 heavy (non-hydrogen) atoms. The Hall–Kier alpha value is -0.940. The van der Waals surface area contributed by atoms with Gasteiger partial charge in [0.15, 0.2) is 5.78 Å². The van der Waals surface area contributed by atoms with Gasteiger partial charge in [-0.3, -0.25) is 14.5 Å². The second kappa shape index (κ2) is 8.27. The largest absolute Gasteiger partial charge is 0.348 e. The highest BCUT2D eigenvalue weighted by molar-refractivity contribution is 5.86. The number of nitrogens with zero attached hydrogens (tertiary/aromatic N) is 1. The monoisotopic (exact) mass is 269 g/mol. The molecule has 3 N–H and O–H groups in total. The normalized spacial score (nSPS) is 24.2. The number of piperidine rings is 1. The molecule has 1 aliphatic heterocycles. The summed E-state index contributed by atoms with van der Waals surface area (Å²) in [7, 11) is 0. The highest BCUT2D eigenvalue weighted by atomic mass is 16.2. The summed E-state index contributed by atoms with van der Waals surface area (Å²) >= 11 is 0. The van der Waals surface area contributed by atoms with Crippen LogP contribution in [0.1, 0.15) is 46.0 Å². The number of ketones is 1. The predicted molar refractivity (Wildman–Crippen MR) is 75.8 cm³/mol. The smallest absolute Gasteiger partial charge is 0.234 e. The fourth-order valence-electron chi connectivity index (χ4n) is 2.59. The van der Waals surface area contributed by atoms with Gasteiger partial charge in [0.1, 0.15) is 0 Å². The molecule has 1 saturated heterocycles. The summed E-state index contributed by atoms with van der Waals surface area (Å²) in [5.41, 5.74) is 5.34. The van der Waals surface area contributed by atoms with Crippen molar-refractivity contribution in [1.82, 2.24) is 10.2 Å². The van der Waals surface area contributed by atoms with Crippen LogP contribution in [0, 0.1) is 0 Å². The van der Waals surface area contributed by atoms with Crippen molar-refractivity contribution < 1.29 is 9.59 Å². The van der Waals surface area contributed by atoms with E-state index in [1.807, 2.05) is 0 Å². The molecule has 0 spiro atoms. The predicted octanol–water partition coefficient (Wildman–Crippen LogP) is 0.674. The van der Waals surface area contributed by atoms with E-state index in [2.05, 4.69) is 24.1 Å². The zero-order chi connectivity index (χ0) is 14.3. The van der Waals surface area contributed by atoms with Crippen molar-refractivity contribution in [3.05, 3.63) is 0 Å². The molecule has 1 amide bonds. The fourth-order valence-corrected chi connectivity index (χ4v) is 2.59. The van der Waals surface area contributed by atoms with Crippen LogP contribution in [0.5, 0.6) is 0 Å². The van der Waals surface area contributed by atoms with Crippen LogP contribution < -0.4 is 11.1 Å². The molecule has 0 saturated carbocycles. The van der Waals surface area contributed by atoms with E-state index in [-0.39, 0.29) is 18.2 Å². The van der Waals surface area contributed by atoms with Gasteiger partial charge < -0.3 is 11.1 Å². The summed E-state index contributed by atoms with van der Waals surface area (Å²) in [6, 6.07) is 0.893. The quantitative estimate of drug-likeness (QED) is 0.712. The third-order valence-electron chi connectivity index (χ3n) is 3.84. The lowest BCUT2D eigenvalue weighted by Gasteiger charge is -2.38. The number of carbonyl (C=O) groups excluding carboxylic acids is 2. The Morgan fingerprint density at radius 1 is 1.26 bits per heavy atom. The molecule has 1 rings (SSSR count). The molecule has 1 heterocycles. The Kier molecular flexibility index (Phi) is 7.02. The molecule has 0 radical (unpaired) electrons. The highest BCUT2D eigenvalue weighted by Gasteiger charge is 2.26. The molecule has 0 aromatic rings. The van der Waals surface area contributed by atoms with Gasteiger partial charge in [-0.2, -0.15) is 0 Å². The molecule has 1 aliphatic rings. The van der Waals surface area contributed by atoms with Crippen molar-refractivity contribution in [3.63, 3.8) is 0 Å². The van der Waals surface area contributed by atoms with Crippen molar-refractivity contribution in [1.29, 1.82) is 0 Å². The first-order valence-electron chi connectivity index (χ1n) is 7.28. The highest BCUT2D eigenvalue weighted by Crippen LogP contribution is 2.21. The first kappa shape index (κ1) is 16.1. The Balaban J connectivity index is 2.28. The molecule has 1 fully saturated rings. The summed E-state index contributed by atoms with van der Waals surface area (Å²) in [4.78, 5) is 25.5. The van der Waals surface area contributed by atoms with E-state index in [9.17, 15) is 9.59 Å². The number of nitrogens with two attached hydrogens (primary N) is 1. The van der Waals surface area contributed by atoms with E-state index in [0.717, 1.165) is 12.8 Å². The summed E-state index contributed by atoms with van der Waals surface area (Å²) in [6.07, 6.45) is 4.67. The van der Waals surface area contributed by atoms with Crippen LogP contribution in [0.3, 0.4) is 0 Å². The minimum atomic E-state index is -0.0540. The van der Waals surface area contributed by atoms with E-state index in [1.165, 1.54) is 6.42 Å². The van der Waals surface area contributed by atoms with Gasteiger partial charge in [0.2, 0.25) is 5.91 Å². The van der Waals surface area contributed by atoms with E-state index < -0.39 is 0 Å². The number of hydrogen-bond acceptors (Lipinski definition) is 4. The zero-order valence-corrected chi connectivity index (χ0v) is 12.2. The van der Waals surface area contributed by atoms with Crippen molar-refractivity contribution in [2.75, 3.05) is 19.6 Å². The van der Waals surface area contributed by atoms with Crippen LogP contribution >= 0.6 is 0 Å². The number of hydrogen-bond donors (Lipinski definition) is 2. The van der Waals surface area contributed by atoms with E-state index in [4.69, 9.17) is 5.73 Å². The maximum Gasteiger partial charge on any atom is 0.234 e. The van der Waals surface area contributed by atoms with Gasteiger partial charge in [-0.1, -0.05) is 6.42 Å². The Labute approximate surface area is 115 Å². The van der Waals surface area contributed by atoms with Gasteiger partial charge in [0.05, 0.1) is 13.1 Å². The van der Waals surface area contributed by atoms with Gasteiger partial charge in [-0.25, -0.2) is 0 Å². The fraction of sp³-hybridized carbons (Fsp3) is 0.857. The van der Waals surface area contributed by atoms with Crippen LogP contribution in [-0.4, -0.2) is 48.3 Å². The molecule has 5 nitrogen and oxygen atoms in total. The minimum absolute atomic E-state index is 0.0540. The summed E-state index contributed by atoms with van der Waals surface area (Å²) in [5, 5.41) is 2.71. The minimum Gasteiger partial charge on any atom is -0.348 e. The Morgan fingerprint density at radius 3 is 2.47 bits per heavy atom. The SMILES string of the molecule is CC1CCCC(C)N1CC(=O)NCC(=O)CCCN. The Bertz CT molecular complexity index is 297. The zero-order valence-electron chi connectivity index (χ0n) is 12.2. The second-order valence-corrected chi connectivity index (χ2v) is 5.51. The topological polar surface area (TPSA) is 75.4 Å². The van der Waals surface area contributed by atoms with Crippen molar-refractivity contribution >= 4 is 11.7 Å². The standard InChI is InChI=1S/C14H27N3O2/c1-11-5-3-6-12(2)17(11)10-14(19)16-9-13(18)7-4-8-15/h11-12H,3-10,15H2,1-2H3,(H,16,19). The number of nitrogens with one attached hydrogen (secondary N) is 1. The van der Waals surface area contributed by atoms with Gasteiger partial charge in [0.25, 0.3) is 0 Å².